The molecule has 11 nitrogen and oxygen atoms in total. The van der Waals surface area contributed by atoms with Gasteiger partial charge in [0.05, 0.1) is 39.2 Å². The normalized spacial score (nSPS) is 21.9. The third-order valence-electron chi connectivity index (χ3n) is 8.10. The van der Waals surface area contributed by atoms with Crippen molar-refractivity contribution >= 4 is 21.7 Å². The Morgan fingerprint density at radius 2 is 2.00 bits per heavy atom. The van der Waals surface area contributed by atoms with Gasteiger partial charge in [0.1, 0.15) is 11.4 Å². The number of carbonyl (C=O) groups is 1. The van der Waals surface area contributed by atoms with E-state index >= 15 is 0 Å². The number of benzene rings is 1. The molecular weight excluding hydrogens is 575 g/mol. The number of hydrogen-bond acceptors (Lipinski definition) is 8. The summed E-state index contributed by atoms with van der Waals surface area (Å²) in [5, 5.41) is 19.1. The van der Waals surface area contributed by atoms with Crippen molar-refractivity contribution < 1.29 is 31.1 Å². The van der Waals surface area contributed by atoms with Crippen LogP contribution in [0.1, 0.15) is 55.8 Å². The Hall–Kier alpha value is -4.06. The highest BCUT2D eigenvalue weighted by atomic mass is 32.2. The summed E-state index contributed by atoms with van der Waals surface area (Å²) in [5.41, 5.74) is -1.59. The first-order chi connectivity index (χ1) is 19.9. The predicted molar refractivity (Wildman–Crippen MR) is 142 cm³/mol. The Balaban J connectivity index is 1.35. The molecule has 1 amide bonds. The van der Waals surface area contributed by atoms with Crippen molar-refractivity contribution in [3.63, 3.8) is 0 Å². The number of aryl methyl sites for hydroxylation is 1. The number of alkyl carbamates (subject to hydrolysis) is 1. The summed E-state index contributed by atoms with van der Waals surface area (Å²) in [6, 6.07) is 8.40. The first-order valence-corrected chi connectivity index (χ1v) is 15.1. The molecule has 42 heavy (non-hydrogen) atoms. The van der Waals surface area contributed by atoms with Crippen molar-refractivity contribution in [2.45, 2.75) is 79.6 Å². The van der Waals surface area contributed by atoms with Crippen molar-refractivity contribution in [1.29, 1.82) is 5.26 Å². The largest absolute Gasteiger partial charge is 0.425 e. The van der Waals surface area contributed by atoms with Gasteiger partial charge in [0, 0.05) is 31.4 Å². The summed E-state index contributed by atoms with van der Waals surface area (Å²) >= 11 is 0. The van der Waals surface area contributed by atoms with E-state index in [0.29, 0.717) is 24.4 Å². The lowest BCUT2D eigenvalue weighted by atomic mass is 9.93. The molecule has 3 heterocycles. The minimum atomic E-state index is -4.96. The average molecular weight is 604 g/mol. The van der Waals surface area contributed by atoms with Crippen LogP contribution < -0.4 is 10.2 Å². The number of ether oxygens (including phenoxy) is 1. The Morgan fingerprint density at radius 3 is 2.60 bits per heavy atom. The lowest BCUT2D eigenvalue weighted by Crippen LogP contribution is -2.42. The standard InChI is InChI=1S/C27H28F3N7O4S/c1-17-12-23(37(34-17)18-4-2-5-18)35-15-20(14-24(35)41-25(38)33-26(16-31)8-9-26)42(39,40)22-7-6-19(36-11-3-10-32-36)13-21(22)27(28,29)30/h3,6-7,10-13,18,20,24H,2,4-5,8-9,14-15H2,1H3,(H,33,38)/t20-,24+/m1/s1. The molecule has 3 aromatic rings. The van der Waals surface area contributed by atoms with Gasteiger partial charge in [0.25, 0.3) is 0 Å². The quantitative estimate of drug-likeness (QED) is 0.423. The molecule has 0 spiro atoms. The molecule has 2 saturated carbocycles. The summed E-state index contributed by atoms with van der Waals surface area (Å²) in [6.45, 7) is 1.56. The van der Waals surface area contributed by atoms with Crippen LogP contribution in [0.15, 0.2) is 47.6 Å². The fourth-order valence-corrected chi connectivity index (χ4v) is 7.30. The maximum Gasteiger partial charge on any atom is 0.417 e. The number of nitrogens with one attached hydrogen (secondary N) is 1. The summed E-state index contributed by atoms with van der Waals surface area (Å²) in [4.78, 5) is 13.5. The molecule has 0 radical (unpaired) electrons. The third kappa shape index (κ3) is 5.08. The van der Waals surface area contributed by atoms with Gasteiger partial charge in [-0.25, -0.2) is 22.6 Å². The van der Waals surface area contributed by atoms with Crippen LogP contribution >= 0.6 is 0 Å². The molecule has 2 atom stereocenters. The number of carbonyl (C=O) groups excluding carboxylic acids is 1. The van der Waals surface area contributed by atoms with E-state index in [2.05, 4.69) is 15.5 Å². The van der Waals surface area contributed by atoms with Crippen molar-refractivity contribution in [2.24, 2.45) is 0 Å². The maximum atomic E-state index is 14.2. The molecule has 3 aliphatic rings. The number of sulfone groups is 1. The second kappa shape index (κ2) is 10.0. The minimum Gasteiger partial charge on any atom is -0.425 e. The average Bonchev–Trinajstić information content (AvgIpc) is 3.26. The second-order valence-corrected chi connectivity index (χ2v) is 13.2. The molecule has 6 rings (SSSR count). The van der Waals surface area contributed by atoms with E-state index in [-0.39, 0.29) is 24.7 Å². The fraction of sp³-hybridized carbons (Fsp3) is 0.481. The van der Waals surface area contributed by atoms with E-state index in [1.807, 2.05) is 6.07 Å². The number of amides is 1. The number of anilines is 1. The zero-order valence-electron chi connectivity index (χ0n) is 22.6. The van der Waals surface area contributed by atoms with Gasteiger partial charge in [-0.2, -0.15) is 28.6 Å². The zero-order valence-corrected chi connectivity index (χ0v) is 23.4. The van der Waals surface area contributed by atoms with Crippen LogP contribution in [0.2, 0.25) is 0 Å². The topological polar surface area (TPSA) is 135 Å². The van der Waals surface area contributed by atoms with Crippen molar-refractivity contribution in [3.8, 4) is 11.8 Å². The Kier molecular flexibility index (Phi) is 6.71. The third-order valence-corrected chi connectivity index (χ3v) is 10.3. The van der Waals surface area contributed by atoms with Gasteiger partial charge in [0.2, 0.25) is 0 Å². The summed E-state index contributed by atoms with van der Waals surface area (Å²) in [7, 11) is -4.58. The van der Waals surface area contributed by atoms with Gasteiger partial charge in [-0.1, -0.05) is 0 Å². The first-order valence-electron chi connectivity index (χ1n) is 13.6. The van der Waals surface area contributed by atoms with Crippen molar-refractivity contribution in [2.75, 3.05) is 11.4 Å². The monoisotopic (exact) mass is 603 g/mol. The molecule has 2 aliphatic carbocycles. The van der Waals surface area contributed by atoms with E-state index < -0.39 is 49.6 Å². The van der Waals surface area contributed by atoms with Gasteiger partial charge >= 0.3 is 12.3 Å². The molecule has 3 fully saturated rings. The van der Waals surface area contributed by atoms with Gasteiger partial charge in [0.15, 0.2) is 16.1 Å². The number of nitriles is 1. The molecule has 2 aromatic heterocycles. The van der Waals surface area contributed by atoms with Gasteiger partial charge in [-0.3, -0.25) is 0 Å². The zero-order chi connectivity index (χ0) is 29.9. The van der Waals surface area contributed by atoms with Crippen LogP contribution in [0, 0.1) is 18.3 Å². The van der Waals surface area contributed by atoms with E-state index in [1.165, 1.54) is 23.1 Å². The van der Waals surface area contributed by atoms with Crippen LogP contribution in [-0.2, 0) is 20.8 Å². The highest BCUT2D eigenvalue weighted by Crippen LogP contribution is 2.42. The number of aromatic nitrogens is 4. The van der Waals surface area contributed by atoms with Crippen LogP contribution in [0.5, 0.6) is 0 Å². The molecule has 1 aromatic carbocycles. The second-order valence-electron chi connectivity index (χ2n) is 11.0. The summed E-state index contributed by atoms with van der Waals surface area (Å²) < 4.78 is 79.2. The van der Waals surface area contributed by atoms with Gasteiger partial charge in [-0.15, -0.1) is 0 Å². The number of hydrogen-bond donors (Lipinski definition) is 1. The van der Waals surface area contributed by atoms with Gasteiger partial charge < -0.3 is 15.0 Å². The van der Waals surface area contributed by atoms with Crippen LogP contribution in [-0.4, -0.2) is 57.6 Å². The molecule has 1 aliphatic heterocycles. The Morgan fingerprint density at radius 1 is 1.24 bits per heavy atom. The number of rotatable bonds is 7. The molecule has 222 valence electrons. The molecule has 1 saturated heterocycles. The number of halogens is 3. The molecule has 0 unspecified atom stereocenters. The molecule has 1 N–H and O–H groups in total. The Labute approximate surface area is 239 Å². The fourth-order valence-electron chi connectivity index (χ4n) is 5.43. The van der Waals surface area contributed by atoms with Gasteiger partial charge in [-0.05, 0) is 63.3 Å². The van der Waals surface area contributed by atoms with Crippen molar-refractivity contribution in [3.05, 3.63) is 54.0 Å². The Bertz CT molecular complexity index is 1660. The van der Waals surface area contributed by atoms with E-state index in [9.17, 15) is 31.6 Å². The highest BCUT2D eigenvalue weighted by Gasteiger charge is 2.49. The summed E-state index contributed by atoms with van der Waals surface area (Å²) in [6.07, 6.45) is -0.713. The highest BCUT2D eigenvalue weighted by molar-refractivity contribution is 7.92. The van der Waals surface area contributed by atoms with E-state index in [4.69, 9.17) is 4.74 Å². The maximum absolute atomic E-state index is 14.2. The molecular formula is C27H28F3N7O4S. The van der Waals surface area contributed by atoms with Crippen molar-refractivity contribution in [1.82, 2.24) is 24.9 Å². The lowest BCUT2D eigenvalue weighted by Gasteiger charge is -2.32. The van der Waals surface area contributed by atoms with Crippen LogP contribution in [0.25, 0.3) is 5.69 Å². The summed E-state index contributed by atoms with van der Waals surface area (Å²) in [5.74, 6) is 0.527. The van der Waals surface area contributed by atoms with Crippen LogP contribution in [0.3, 0.4) is 0 Å². The van der Waals surface area contributed by atoms with Crippen LogP contribution in [0.4, 0.5) is 23.8 Å². The lowest BCUT2D eigenvalue weighted by molar-refractivity contribution is -0.139. The minimum absolute atomic E-state index is 0.0589. The predicted octanol–water partition coefficient (Wildman–Crippen LogP) is 4.28. The van der Waals surface area contributed by atoms with E-state index in [1.54, 1.807) is 28.6 Å². The number of alkyl halides is 3. The SMILES string of the molecule is Cc1cc(N2C[C@H](S(=O)(=O)c3ccc(-n4cccn4)cc3C(F)(F)F)C[C@@H]2OC(=O)NC2(C#N)CC2)n(C2CCC2)n1. The smallest absolute Gasteiger partial charge is 0.417 e. The molecule has 15 heteroatoms. The first kappa shape index (κ1) is 28.1. The number of nitrogens with zero attached hydrogens (tertiary/aromatic N) is 6. The molecule has 0 bridgehead atoms. The van der Waals surface area contributed by atoms with E-state index in [0.717, 1.165) is 31.4 Å².